The van der Waals surface area contributed by atoms with E-state index in [-0.39, 0.29) is 0 Å². The van der Waals surface area contributed by atoms with Crippen molar-refractivity contribution >= 4 is 32.4 Å². The van der Waals surface area contributed by atoms with Gasteiger partial charge in [-0.1, -0.05) is 66.7 Å². The molecule has 0 spiro atoms. The van der Waals surface area contributed by atoms with Gasteiger partial charge < -0.3 is 0 Å². The number of aromatic nitrogens is 1. The number of pyridine rings is 1. The van der Waals surface area contributed by atoms with Crippen LogP contribution in [-0.2, 0) is 6.42 Å². The Bertz CT molecular complexity index is 1360. The van der Waals surface area contributed by atoms with Crippen LogP contribution in [0.2, 0.25) is 0 Å². The molecule has 1 aliphatic rings. The summed E-state index contributed by atoms with van der Waals surface area (Å²) < 4.78 is 0. The van der Waals surface area contributed by atoms with Gasteiger partial charge >= 0.3 is 0 Å². The fraction of sp³-hybridized carbons (Fsp3) is 0.0800. The molecule has 1 nitrogen and oxygen atoms in total. The number of para-hydroxylation sites is 1. The monoisotopic (exact) mass is 331 g/mol. The number of benzene rings is 4. The van der Waals surface area contributed by atoms with Gasteiger partial charge in [0.15, 0.2) is 0 Å². The smallest absolute Gasteiger partial charge is 0.0757 e. The predicted octanol–water partition coefficient (Wildman–Crippen LogP) is 6.42. The van der Waals surface area contributed by atoms with E-state index in [0.717, 1.165) is 11.9 Å². The Balaban J connectivity index is 1.85. The Morgan fingerprint density at radius 1 is 0.615 bits per heavy atom. The summed E-state index contributed by atoms with van der Waals surface area (Å²) in [6, 6.07) is 26.1. The number of nitrogens with zero attached hydrogens (tertiary/aromatic N) is 1. The zero-order valence-corrected chi connectivity index (χ0v) is 14.6. The van der Waals surface area contributed by atoms with E-state index in [9.17, 15) is 0 Å². The Morgan fingerprint density at radius 2 is 1.19 bits per heavy atom. The molecule has 0 saturated carbocycles. The second-order valence-corrected chi connectivity index (χ2v) is 7.20. The van der Waals surface area contributed by atoms with Crippen LogP contribution in [0.25, 0.3) is 43.7 Å². The van der Waals surface area contributed by atoms with Gasteiger partial charge in [-0.3, -0.25) is 0 Å². The summed E-state index contributed by atoms with van der Waals surface area (Å²) in [5.41, 5.74) is 7.80. The molecule has 0 atom stereocenters. The lowest BCUT2D eigenvalue weighted by Gasteiger charge is -2.12. The van der Waals surface area contributed by atoms with Crippen molar-refractivity contribution in [1.82, 2.24) is 4.98 Å². The topological polar surface area (TPSA) is 12.9 Å². The maximum absolute atomic E-state index is 5.11. The van der Waals surface area contributed by atoms with Crippen molar-refractivity contribution in [2.45, 2.75) is 13.3 Å². The van der Waals surface area contributed by atoms with E-state index in [1.54, 1.807) is 0 Å². The molecule has 4 aromatic carbocycles. The standard InChI is InChI=1S/C25H17N/c1-15-16-8-6-7-13-23(16)26-25-21(15)14-22-19-11-3-2-9-17(19)18-10-4-5-12-20(18)24(22)25/h2-13H,14H2,1H3. The van der Waals surface area contributed by atoms with Crippen LogP contribution in [0.3, 0.4) is 0 Å². The Kier molecular flexibility index (Phi) is 2.66. The van der Waals surface area contributed by atoms with E-state index >= 15 is 0 Å². The first-order valence-electron chi connectivity index (χ1n) is 9.14. The molecular weight excluding hydrogens is 314 g/mol. The van der Waals surface area contributed by atoms with Crippen molar-refractivity contribution in [1.29, 1.82) is 0 Å². The minimum atomic E-state index is 0.972. The Morgan fingerprint density at radius 3 is 1.96 bits per heavy atom. The number of rotatable bonds is 0. The maximum Gasteiger partial charge on any atom is 0.0757 e. The molecular formula is C25H17N. The number of fused-ring (bicyclic) bond motifs is 9. The van der Waals surface area contributed by atoms with E-state index in [1.165, 1.54) is 54.9 Å². The van der Waals surface area contributed by atoms with Gasteiger partial charge in [0, 0.05) is 17.4 Å². The molecule has 26 heavy (non-hydrogen) atoms. The maximum atomic E-state index is 5.11. The van der Waals surface area contributed by atoms with Crippen molar-refractivity contribution in [3.63, 3.8) is 0 Å². The zero-order valence-electron chi connectivity index (χ0n) is 14.6. The van der Waals surface area contributed by atoms with Gasteiger partial charge in [-0.15, -0.1) is 0 Å². The highest BCUT2D eigenvalue weighted by atomic mass is 14.7. The van der Waals surface area contributed by atoms with Gasteiger partial charge in [0.1, 0.15) is 0 Å². The first-order chi connectivity index (χ1) is 12.8. The minimum Gasteiger partial charge on any atom is -0.247 e. The van der Waals surface area contributed by atoms with Crippen LogP contribution in [0, 0.1) is 6.92 Å². The lowest BCUT2D eigenvalue weighted by atomic mass is 9.93. The average Bonchev–Trinajstić information content (AvgIpc) is 3.09. The summed E-state index contributed by atoms with van der Waals surface area (Å²) in [7, 11) is 0. The van der Waals surface area contributed by atoms with Crippen LogP contribution in [0.4, 0.5) is 0 Å². The molecule has 0 amide bonds. The fourth-order valence-corrected chi connectivity index (χ4v) is 4.68. The Labute approximate surface area is 151 Å². The molecule has 0 N–H and O–H groups in total. The third-order valence-electron chi connectivity index (χ3n) is 5.91. The number of hydrogen-bond acceptors (Lipinski definition) is 1. The molecule has 1 aromatic heterocycles. The van der Waals surface area contributed by atoms with Gasteiger partial charge in [0.25, 0.3) is 0 Å². The molecule has 1 heterocycles. The number of aryl methyl sites for hydroxylation is 1. The van der Waals surface area contributed by atoms with Crippen LogP contribution in [0.5, 0.6) is 0 Å². The average molecular weight is 331 g/mol. The summed E-state index contributed by atoms with van der Waals surface area (Å²) in [5, 5.41) is 6.62. The Hall–Kier alpha value is -3.19. The van der Waals surface area contributed by atoms with Gasteiger partial charge in [-0.25, -0.2) is 4.98 Å². The third-order valence-corrected chi connectivity index (χ3v) is 5.91. The SMILES string of the molecule is Cc1c2c(nc3ccccc13)-c1c(c3ccccc3c3ccccc13)C2. The first-order valence-corrected chi connectivity index (χ1v) is 9.14. The highest BCUT2D eigenvalue weighted by Crippen LogP contribution is 2.46. The largest absolute Gasteiger partial charge is 0.247 e. The fourth-order valence-electron chi connectivity index (χ4n) is 4.68. The van der Waals surface area contributed by atoms with Crippen molar-refractivity contribution in [2.75, 3.05) is 0 Å². The van der Waals surface area contributed by atoms with Crippen molar-refractivity contribution in [3.05, 3.63) is 89.5 Å². The van der Waals surface area contributed by atoms with E-state index in [0.29, 0.717) is 0 Å². The lowest BCUT2D eigenvalue weighted by Crippen LogP contribution is -1.92. The summed E-state index contributed by atoms with van der Waals surface area (Å²) in [6.07, 6.45) is 0.972. The molecule has 122 valence electrons. The van der Waals surface area contributed by atoms with Gasteiger partial charge in [0.05, 0.1) is 11.2 Å². The van der Waals surface area contributed by atoms with Crippen LogP contribution in [-0.4, -0.2) is 4.98 Å². The van der Waals surface area contributed by atoms with Gasteiger partial charge in [0.2, 0.25) is 0 Å². The van der Waals surface area contributed by atoms with Gasteiger partial charge in [-0.05, 0) is 51.2 Å². The summed E-state index contributed by atoms with van der Waals surface area (Å²) in [6.45, 7) is 2.25. The third kappa shape index (κ3) is 1.68. The molecule has 1 aliphatic carbocycles. The molecule has 6 rings (SSSR count). The molecule has 5 aromatic rings. The highest BCUT2D eigenvalue weighted by Gasteiger charge is 2.27. The van der Waals surface area contributed by atoms with Crippen LogP contribution in [0.15, 0.2) is 72.8 Å². The summed E-state index contributed by atoms with van der Waals surface area (Å²) in [4.78, 5) is 5.11. The molecule has 1 heteroatoms. The van der Waals surface area contributed by atoms with Crippen molar-refractivity contribution in [3.8, 4) is 11.3 Å². The first kappa shape index (κ1) is 14.0. The van der Waals surface area contributed by atoms with Gasteiger partial charge in [-0.2, -0.15) is 0 Å². The predicted molar refractivity (Wildman–Crippen MR) is 110 cm³/mol. The highest BCUT2D eigenvalue weighted by molar-refractivity contribution is 6.17. The van der Waals surface area contributed by atoms with Crippen molar-refractivity contribution < 1.29 is 0 Å². The molecule has 0 radical (unpaired) electrons. The summed E-state index contributed by atoms with van der Waals surface area (Å²) in [5.74, 6) is 0. The van der Waals surface area contributed by atoms with E-state index in [4.69, 9.17) is 4.98 Å². The summed E-state index contributed by atoms with van der Waals surface area (Å²) >= 11 is 0. The van der Waals surface area contributed by atoms with Crippen LogP contribution >= 0.6 is 0 Å². The molecule has 0 bridgehead atoms. The molecule has 0 saturated heterocycles. The number of hydrogen-bond donors (Lipinski definition) is 0. The minimum absolute atomic E-state index is 0.972. The molecule has 0 unspecified atom stereocenters. The normalized spacial score (nSPS) is 12.7. The molecule has 0 aliphatic heterocycles. The van der Waals surface area contributed by atoms with Crippen LogP contribution in [0.1, 0.15) is 16.7 Å². The van der Waals surface area contributed by atoms with Crippen LogP contribution < -0.4 is 0 Å². The second kappa shape index (κ2) is 4.92. The zero-order chi connectivity index (χ0) is 17.3. The lowest BCUT2D eigenvalue weighted by molar-refractivity contribution is 1.22. The quantitative estimate of drug-likeness (QED) is 0.293. The molecule has 0 fully saturated rings. The van der Waals surface area contributed by atoms with E-state index in [2.05, 4.69) is 79.7 Å². The van der Waals surface area contributed by atoms with E-state index in [1.807, 2.05) is 0 Å². The second-order valence-electron chi connectivity index (χ2n) is 7.20. The van der Waals surface area contributed by atoms with E-state index < -0.39 is 0 Å². The van der Waals surface area contributed by atoms with Crippen molar-refractivity contribution in [2.24, 2.45) is 0 Å².